The molecule has 0 atom stereocenters. The van der Waals surface area contributed by atoms with Crippen LogP contribution in [0, 0.1) is 5.92 Å². The first kappa shape index (κ1) is 20.3. The third-order valence-corrected chi connectivity index (χ3v) is 4.44. The van der Waals surface area contributed by atoms with Crippen LogP contribution in [0.4, 0.5) is 16.2 Å². The topological polar surface area (TPSA) is 81.6 Å². The maximum atomic E-state index is 12.7. The number of ether oxygens (including phenoxy) is 2. The van der Waals surface area contributed by atoms with Gasteiger partial charge in [-0.25, -0.2) is 4.79 Å². The number of hydrogen-bond donors (Lipinski definition) is 2. The third-order valence-electron chi connectivity index (χ3n) is 4.44. The van der Waals surface area contributed by atoms with Crippen LogP contribution in [-0.2, 0) is 6.54 Å². The molecule has 2 N–H and O–H groups in total. The van der Waals surface area contributed by atoms with Crippen LogP contribution < -0.4 is 25.7 Å². The highest BCUT2D eigenvalue weighted by atomic mass is 16.5. The van der Waals surface area contributed by atoms with Crippen LogP contribution in [0.1, 0.15) is 13.8 Å². The molecule has 0 bridgehead atoms. The smallest absolute Gasteiger partial charge is 0.323 e. The Kier molecular flexibility index (Phi) is 6.07. The van der Waals surface area contributed by atoms with E-state index >= 15 is 0 Å². The zero-order chi connectivity index (χ0) is 21.0. The molecule has 0 saturated heterocycles. The van der Waals surface area contributed by atoms with Gasteiger partial charge in [0.2, 0.25) is 0 Å². The molecule has 0 fully saturated rings. The number of carbonyl (C=O) groups excluding carboxylic acids is 1. The number of hydrogen-bond acceptors (Lipinski definition) is 4. The van der Waals surface area contributed by atoms with E-state index in [1.54, 1.807) is 42.1 Å². The zero-order valence-corrected chi connectivity index (χ0v) is 17.0. The summed E-state index contributed by atoms with van der Waals surface area (Å²) < 4.78 is 12.1. The fraction of sp³-hybridized carbons (Fsp3) is 0.273. The van der Waals surface area contributed by atoms with Gasteiger partial charge in [0.15, 0.2) is 11.5 Å². The molecule has 7 heteroatoms. The van der Waals surface area contributed by atoms with Crippen molar-refractivity contribution in [2.45, 2.75) is 20.4 Å². The number of nitrogens with zero attached hydrogens (tertiary/aromatic N) is 1. The summed E-state index contributed by atoms with van der Waals surface area (Å²) in [6, 6.07) is 11.9. The van der Waals surface area contributed by atoms with Crippen molar-refractivity contribution in [3.8, 4) is 11.5 Å². The maximum absolute atomic E-state index is 12.7. The molecule has 3 aromatic rings. The predicted octanol–water partition coefficient (Wildman–Crippen LogP) is 4.32. The van der Waals surface area contributed by atoms with Gasteiger partial charge in [-0.05, 0) is 24.1 Å². The lowest BCUT2D eigenvalue weighted by atomic mass is 10.1. The fourth-order valence-electron chi connectivity index (χ4n) is 3.17. The van der Waals surface area contributed by atoms with E-state index in [0.717, 1.165) is 0 Å². The Morgan fingerprint density at radius 2 is 1.69 bits per heavy atom. The second kappa shape index (κ2) is 8.68. The first-order valence-electron chi connectivity index (χ1n) is 9.35. The van der Waals surface area contributed by atoms with E-state index in [4.69, 9.17) is 9.47 Å². The van der Waals surface area contributed by atoms with E-state index in [1.807, 2.05) is 32.0 Å². The van der Waals surface area contributed by atoms with Crippen LogP contribution in [0.25, 0.3) is 10.8 Å². The highest BCUT2D eigenvalue weighted by molar-refractivity contribution is 6.05. The average Bonchev–Trinajstić information content (AvgIpc) is 2.71. The summed E-state index contributed by atoms with van der Waals surface area (Å²) in [7, 11) is 3.08. The summed E-state index contributed by atoms with van der Waals surface area (Å²) in [4.78, 5) is 25.3. The Bertz CT molecular complexity index is 1090. The van der Waals surface area contributed by atoms with Crippen molar-refractivity contribution >= 4 is 28.2 Å². The lowest BCUT2D eigenvalue weighted by Crippen LogP contribution is -2.25. The van der Waals surface area contributed by atoms with Gasteiger partial charge in [-0.3, -0.25) is 4.79 Å². The Hall–Kier alpha value is -3.48. The number of nitrogens with one attached hydrogen (secondary N) is 2. The second-order valence-corrected chi connectivity index (χ2v) is 7.09. The number of benzene rings is 2. The van der Waals surface area contributed by atoms with Gasteiger partial charge < -0.3 is 24.7 Å². The third kappa shape index (κ3) is 4.51. The van der Waals surface area contributed by atoms with Gasteiger partial charge in [-0.1, -0.05) is 32.0 Å². The Balaban J connectivity index is 1.90. The molecule has 0 aliphatic rings. The molecule has 7 nitrogen and oxygen atoms in total. The normalized spacial score (nSPS) is 10.8. The van der Waals surface area contributed by atoms with E-state index in [-0.39, 0.29) is 5.56 Å². The first-order valence-corrected chi connectivity index (χ1v) is 9.35. The lowest BCUT2D eigenvalue weighted by molar-refractivity contribution is 0.262. The van der Waals surface area contributed by atoms with E-state index in [2.05, 4.69) is 10.6 Å². The standard InChI is InChI=1S/C22H25N3O4/c1-14(2)12-25-13-18(16-7-5-6-8-17(16)21(25)26)24-22(27)23-15-9-10-19(28-3)20(11-15)29-4/h5-11,13-14H,12H2,1-4H3,(H2,23,24,27). The molecule has 2 aromatic carbocycles. The molecule has 0 spiro atoms. The highest BCUT2D eigenvalue weighted by Gasteiger charge is 2.13. The summed E-state index contributed by atoms with van der Waals surface area (Å²) in [5.74, 6) is 1.38. The summed E-state index contributed by atoms with van der Waals surface area (Å²) in [5, 5.41) is 6.90. The van der Waals surface area contributed by atoms with Gasteiger partial charge in [-0.2, -0.15) is 0 Å². The van der Waals surface area contributed by atoms with E-state index in [0.29, 0.717) is 46.1 Å². The number of anilines is 2. The van der Waals surface area contributed by atoms with Crippen molar-refractivity contribution in [1.82, 2.24) is 4.57 Å². The monoisotopic (exact) mass is 395 g/mol. The lowest BCUT2D eigenvalue weighted by Gasteiger charge is -2.15. The summed E-state index contributed by atoms with van der Waals surface area (Å²) in [6.45, 7) is 4.65. The number of carbonyl (C=O) groups is 1. The molecule has 2 amide bonds. The van der Waals surface area contributed by atoms with Crippen molar-refractivity contribution in [2.75, 3.05) is 24.9 Å². The minimum atomic E-state index is -0.419. The van der Waals surface area contributed by atoms with Crippen LogP contribution in [-0.4, -0.2) is 24.8 Å². The number of amides is 2. The molecule has 0 aliphatic carbocycles. The molecule has 1 aromatic heterocycles. The minimum Gasteiger partial charge on any atom is -0.493 e. The zero-order valence-electron chi connectivity index (χ0n) is 17.0. The van der Waals surface area contributed by atoms with Crippen LogP contribution in [0.3, 0.4) is 0 Å². The van der Waals surface area contributed by atoms with Gasteiger partial charge in [0.25, 0.3) is 5.56 Å². The molecular weight excluding hydrogens is 370 g/mol. The molecular formula is C22H25N3O4. The molecule has 1 heterocycles. The number of methoxy groups -OCH3 is 2. The molecule has 0 saturated carbocycles. The maximum Gasteiger partial charge on any atom is 0.323 e. The second-order valence-electron chi connectivity index (χ2n) is 7.09. The molecule has 0 aliphatic heterocycles. The molecule has 3 rings (SSSR count). The van der Waals surface area contributed by atoms with Gasteiger partial charge in [0.1, 0.15) is 0 Å². The number of rotatable bonds is 6. The van der Waals surface area contributed by atoms with Crippen LogP contribution in [0.15, 0.2) is 53.5 Å². The van der Waals surface area contributed by atoms with Gasteiger partial charge in [-0.15, -0.1) is 0 Å². The Morgan fingerprint density at radius 3 is 2.34 bits per heavy atom. The molecule has 0 radical (unpaired) electrons. The van der Waals surface area contributed by atoms with Crippen LogP contribution in [0.5, 0.6) is 11.5 Å². The molecule has 152 valence electrons. The Morgan fingerprint density at radius 1 is 1.00 bits per heavy atom. The van der Waals surface area contributed by atoms with E-state index in [9.17, 15) is 9.59 Å². The number of fused-ring (bicyclic) bond motifs is 1. The summed E-state index contributed by atoms with van der Waals surface area (Å²) >= 11 is 0. The highest BCUT2D eigenvalue weighted by Crippen LogP contribution is 2.30. The van der Waals surface area contributed by atoms with Crippen molar-refractivity contribution < 1.29 is 14.3 Å². The largest absolute Gasteiger partial charge is 0.493 e. The average molecular weight is 395 g/mol. The quantitative estimate of drug-likeness (QED) is 0.651. The van der Waals surface area contributed by atoms with Crippen molar-refractivity contribution in [2.24, 2.45) is 5.92 Å². The van der Waals surface area contributed by atoms with E-state index in [1.165, 1.54) is 7.11 Å². The van der Waals surface area contributed by atoms with Crippen molar-refractivity contribution in [1.29, 1.82) is 0 Å². The fourth-order valence-corrected chi connectivity index (χ4v) is 3.17. The number of pyridine rings is 1. The number of urea groups is 1. The first-order chi connectivity index (χ1) is 13.9. The minimum absolute atomic E-state index is 0.0693. The van der Waals surface area contributed by atoms with Gasteiger partial charge in [0, 0.05) is 35.3 Å². The van der Waals surface area contributed by atoms with Crippen molar-refractivity contribution in [3.63, 3.8) is 0 Å². The molecule has 29 heavy (non-hydrogen) atoms. The van der Waals surface area contributed by atoms with E-state index < -0.39 is 6.03 Å². The number of aromatic nitrogens is 1. The van der Waals surface area contributed by atoms with Gasteiger partial charge >= 0.3 is 6.03 Å². The Labute approximate surface area is 169 Å². The van der Waals surface area contributed by atoms with Crippen LogP contribution >= 0.6 is 0 Å². The summed E-state index contributed by atoms with van der Waals surface area (Å²) in [6.07, 6.45) is 1.69. The summed E-state index contributed by atoms with van der Waals surface area (Å²) in [5.41, 5.74) is 1.05. The predicted molar refractivity (Wildman–Crippen MR) is 115 cm³/mol. The van der Waals surface area contributed by atoms with Crippen LogP contribution in [0.2, 0.25) is 0 Å². The SMILES string of the molecule is COc1ccc(NC(=O)Nc2cn(CC(C)C)c(=O)c3ccccc23)cc1OC. The van der Waals surface area contributed by atoms with Gasteiger partial charge in [0.05, 0.1) is 19.9 Å². The molecule has 0 unspecified atom stereocenters. The van der Waals surface area contributed by atoms with Crippen molar-refractivity contribution in [3.05, 3.63) is 59.0 Å².